The van der Waals surface area contributed by atoms with Crippen LogP contribution >= 0.6 is 0 Å². The number of unbranched alkanes of at least 4 members (excludes halogenated alkanes) is 1. The number of rotatable bonds is 11. The Morgan fingerprint density at radius 1 is 1.00 bits per heavy atom. The minimum atomic E-state index is -0.596. The smallest absolute Gasteiger partial charge is 0.336 e. The highest BCUT2D eigenvalue weighted by Crippen LogP contribution is 2.13. The van der Waals surface area contributed by atoms with Crippen LogP contribution in [-0.4, -0.2) is 31.1 Å². The largest absolute Gasteiger partial charge is 0.463 e. The summed E-state index contributed by atoms with van der Waals surface area (Å²) in [5.41, 5.74) is 0.264. The number of ether oxygens (including phenoxy) is 3. The SMILES string of the molecule is C=CC(=O)OC=C(C)C(=O)OCC(CC)CCCC.C=CC(=O)OCC. The molecule has 0 aromatic carbocycles. The molecule has 0 bridgehead atoms. The van der Waals surface area contributed by atoms with E-state index in [2.05, 4.69) is 36.5 Å². The predicted molar refractivity (Wildman–Crippen MR) is 101 cm³/mol. The summed E-state index contributed by atoms with van der Waals surface area (Å²) in [5.74, 6) is -1.01. The van der Waals surface area contributed by atoms with Gasteiger partial charge in [-0.3, -0.25) is 0 Å². The summed E-state index contributed by atoms with van der Waals surface area (Å²) in [6.07, 6.45) is 7.61. The quantitative estimate of drug-likeness (QED) is 0.236. The van der Waals surface area contributed by atoms with E-state index >= 15 is 0 Å². The lowest BCUT2D eigenvalue weighted by molar-refractivity contribution is -0.141. The van der Waals surface area contributed by atoms with Crippen molar-refractivity contribution in [2.75, 3.05) is 13.2 Å². The van der Waals surface area contributed by atoms with Gasteiger partial charge in [0.2, 0.25) is 0 Å². The number of carbonyl (C=O) groups excluding carboxylic acids is 3. The zero-order valence-electron chi connectivity index (χ0n) is 16.4. The van der Waals surface area contributed by atoms with Crippen molar-refractivity contribution in [2.24, 2.45) is 5.92 Å². The van der Waals surface area contributed by atoms with Crippen LogP contribution in [0, 0.1) is 5.92 Å². The van der Waals surface area contributed by atoms with Crippen molar-refractivity contribution in [3.05, 3.63) is 37.1 Å². The Morgan fingerprint density at radius 2 is 1.62 bits per heavy atom. The average molecular weight is 368 g/mol. The van der Waals surface area contributed by atoms with Gasteiger partial charge in [0.25, 0.3) is 0 Å². The van der Waals surface area contributed by atoms with Gasteiger partial charge in [-0.25, -0.2) is 14.4 Å². The van der Waals surface area contributed by atoms with Crippen LogP contribution in [0.25, 0.3) is 0 Å². The van der Waals surface area contributed by atoms with E-state index in [-0.39, 0.29) is 11.5 Å². The lowest BCUT2D eigenvalue weighted by Gasteiger charge is -2.14. The Hall–Kier alpha value is -2.37. The lowest BCUT2D eigenvalue weighted by Crippen LogP contribution is -2.14. The first-order chi connectivity index (χ1) is 12.4. The molecule has 0 aromatic rings. The van der Waals surface area contributed by atoms with E-state index in [9.17, 15) is 14.4 Å². The van der Waals surface area contributed by atoms with E-state index in [1.807, 2.05) is 0 Å². The fraction of sp³-hybridized carbons (Fsp3) is 0.550. The molecule has 0 aliphatic heterocycles. The highest BCUT2D eigenvalue weighted by molar-refractivity contribution is 5.88. The average Bonchev–Trinajstić information content (AvgIpc) is 2.66. The first-order valence-electron chi connectivity index (χ1n) is 8.82. The second-order valence-electron chi connectivity index (χ2n) is 5.41. The highest BCUT2D eigenvalue weighted by atomic mass is 16.5. The Bertz CT molecular complexity index is 479. The van der Waals surface area contributed by atoms with Crippen molar-refractivity contribution in [1.82, 2.24) is 0 Å². The second-order valence-corrected chi connectivity index (χ2v) is 5.41. The molecule has 0 saturated carbocycles. The summed E-state index contributed by atoms with van der Waals surface area (Å²) in [4.78, 5) is 32.5. The molecule has 0 fully saturated rings. The molecule has 148 valence electrons. The van der Waals surface area contributed by atoms with Crippen molar-refractivity contribution in [2.45, 2.75) is 53.4 Å². The number of hydrogen-bond acceptors (Lipinski definition) is 6. The molecule has 0 N–H and O–H groups in total. The summed E-state index contributed by atoms with van der Waals surface area (Å²) in [6, 6.07) is 0. The molecule has 0 rings (SSSR count). The summed E-state index contributed by atoms with van der Waals surface area (Å²) >= 11 is 0. The van der Waals surface area contributed by atoms with E-state index in [0.717, 1.165) is 44.1 Å². The zero-order chi connectivity index (χ0) is 20.4. The van der Waals surface area contributed by atoms with Gasteiger partial charge < -0.3 is 14.2 Å². The molecular weight excluding hydrogens is 336 g/mol. The van der Waals surface area contributed by atoms with Gasteiger partial charge in [0.05, 0.1) is 18.8 Å². The van der Waals surface area contributed by atoms with Crippen molar-refractivity contribution in [3.8, 4) is 0 Å². The van der Waals surface area contributed by atoms with Gasteiger partial charge in [-0.05, 0) is 26.2 Å². The third kappa shape index (κ3) is 15.2. The van der Waals surface area contributed by atoms with Crippen LogP contribution in [0.15, 0.2) is 37.1 Å². The van der Waals surface area contributed by atoms with Gasteiger partial charge >= 0.3 is 17.9 Å². The molecule has 0 radical (unpaired) electrons. The maximum atomic E-state index is 11.6. The standard InChI is InChI=1S/C15H24O4.C5H8O2/c1-5-8-9-13(6-2)11-19-15(17)12(4)10-18-14(16)7-3;1-3-5(6)7-4-2/h7,10,13H,3,5-6,8-9,11H2,1-2,4H3;3H,1,4H2,2H3. The minimum Gasteiger partial charge on any atom is -0.463 e. The molecule has 0 amide bonds. The molecule has 1 unspecified atom stereocenters. The van der Waals surface area contributed by atoms with Crippen molar-refractivity contribution in [1.29, 1.82) is 0 Å². The van der Waals surface area contributed by atoms with E-state index in [0.29, 0.717) is 19.1 Å². The number of hydrogen-bond donors (Lipinski definition) is 0. The monoisotopic (exact) mass is 368 g/mol. The fourth-order valence-corrected chi connectivity index (χ4v) is 1.65. The number of carbonyl (C=O) groups is 3. The topological polar surface area (TPSA) is 78.9 Å². The normalized spacial score (nSPS) is 11.3. The van der Waals surface area contributed by atoms with Crippen LogP contribution in [0.1, 0.15) is 53.4 Å². The van der Waals surface area contributed by atoms with E-state index in [1.165, 1.54) is 0 Å². The van der Waals surface area contributed by atoms with Crippen molar-refractivity contribution >= 4 is 17.9 Å². The molecule has 0 aliphatic rings. The minimum absolute atomic E-state index is 0.264. The van der Waals surface area contributed by atoms with Crippen molar-refractivity contribution < 1.29 is 28.6 Å². The van der Waals surface area contributed by atoms with Crippen molar-refractivity contribution in [3.63, 3.8) is 0 Å². The highest BCUT2D eigenvalue weighted by Gasteiger charge is 2.12. The molecule has 0 aromatic heterocycles. The molecule has 6 heteroatoms. The van der Waals surface area contributed by atoms with Crippen LogP contribution in [0.5, 0.6) is 0 Å². The van der Waals surface area contributed by atoms with Crippen LogP contribution in [0.3, 0.4) is 0 Å². The lowest BCUT2D eigenvalue weighted by atomic mass is 10.0. The maximum absolute atomic E-state index is 11.6. The Balaban J connectivity index is 0. The molecule has 0 spiro atoms. The molecule has 6 nitrogen and oxygen atoms in total. The van der Waals surface area contributed by atoms with Gasteiger partial charge in [-0.1, -0.05) is 46.3 Å². The molecule has 0 saturated heterocycles. The van der Waals surface area contributed by atoms with E-state index in [4.69, 9.17) is 4.74 Å². The van der Waals surface area contributed by atoms with Gasteiger partial charge in [0.1, 0.15) is 6.26 Å². The first kappa shape index (κ1) is 25.9. The van der Waals surface area contributed by atoms with Crippen LogP contribution in [0.4, 0.5) is 0 Å². The Kier molecular flexibility index (Phi) is 17.4. The van der Waals surface area contributed by atoms with E-state index in [1.54, 1.807) is 13.8 Å². The maximum Gasteiger partial charge on any atom is 0.336 e. The van der Waals surface area contributed by atoms with E-state index < -0.39 is 11.9 Å². The number of esters is 3. The Morgan fingerprint density at radius 3 is 2.04 bits per heavy atom. The van der Waals surface area contributed by atoms with Gasteiger partial charge in [0.15, 0.2) is 0 Å². The van der Waals surface area contributed by atoms with Gasteiger partial charge in [0, 0.05) is 12.2 Å². The van der Waals surface area contributed by atoms with Gasteiger partial charge in [-0.2, -0.15) is 0 Å². The summed E-state index contributed by atoms with van der Waals surface area (Å²) in [5, 5.41) is 0. The summed E-state index contributed by atoms with van der Waals surface area (Å²) in [6.45, 7) is 14.8. The first-order valence-corrected chi connectivity index (χ1v) is 8.82. The van der Waals surface area contributed by atoms with Crippen LogP contribution < -0.4 is 0 Å². The Labute approximate surface area is 156 Å². The third-order valence-corrected chi connectivity index (χ3v) is 3.29. The molecule has 0 heterocycles. The molecule has 26 heavy (non-hydrogen) atoms. The zero-order valence-corrected chi connectivity index (χ0v) is 16.4. The predicted octanol–water partition coefficient (Wildman–Crippen LogP) is 4.11. The van der Waals surface area contributed by atoms with Crippen LogP contribution in [0.2, 0.25) is 0 Å². The molecule has 1 atom stereocenters. The van der Waals surface area contributed by atoms with Crippen LogP contribution in [-0.2, 0) is 28.6 Å². The molecule has 0 aliphatic carbocycles. The summed E-state index contributed by atoms with van der Waals surface area (Å²) in [7, 11) is 0. The fourth-order valence-electron chi connectivity index (χ4n) is 1.65. The molecular formula is C20H32O6. The van der Waals surface area contributed by atoms with Gasteiger partial charge in [-0.15, -0.1) is 0 Å². The second kappa shape index (κ2) is 17.5. The summed E-state index contributed by atoms with van der Waals surface area (Å²) < 4.78 is 14.3. The third-order valence-electron chi connectivity index (χ3n) is 3.29.